The molecule has 0 fully saturated rings. The minimum atomic E-state index is 1.05. The molecule has 0 amide bonds. The third kappa shape index (κ3) is 4.28. The standard InChI is InChI=1S/C12H15Br/c1-2-3-4-5-6-11-7-9-12(13)10-8-11/h4-5,7-10H,2-3,6H2,1H3. The van der Waals surface area contributed by atoms with Gasteiger partial charge in [0.2, 0.25) is 0 Å². The highest BCUT2D eigenvalue weighted by Gasteiger charge is 1.88. The number of unbranched alkanes of at least 4 members (excludes halogenated alkanes) is 1. The van der Waals surface area contributed by atoms with Crippen LogP contribution in [0.1, 0.15) is 25.3 Å². The molecule has 1 rings (SSSR count). The lowest BCUT2D eigenvalue weighted by Gasteiger charge is -1.95. The lowest BCUT2D eigenvalue weighted by Crippen LogP contribution is -1.79. The highest BCUT2D eigenvalue weighted by molar-refractivity contribution is 9.10. The normalized spacial score (nSPS) is 10.9. The van der Waals surface area contributed by atoms with Crippen molar-refractivity contribution in [1.29, 1.82) is 0 Å². The zero-order valence-corrected chi connectivity index (χ0v) is 9.55. The first kappa shape index (κ1) is 10.5. The maximum atomic E-state index is 3.42. The number of allylic oxidation sites excluding steroid dienone is 2. The molecule has 0 radical (unpaired) electrons. The van der Waals surface area contributed by atoms with Crippen LogP contribution in [0.3, 0.4) is 0 Å². The Bertz CT molecular complexity index is 259. The van der Waals surface area contributed by atoms with Crippen molar-refractivity contribution in [2.24, 2.45) is 0 Å². The molecule has 0 saturated carbocycles. The maximum Gasteiger partial charge on any atom is 0.0175 e. The summed E-state index contributed by atoms with van der Waals surface area (Å²) in [6, 6.07) is 8.48. The van der Waals surface area contributed by atoms with Gasteiger partial charge in [0.15, 0.2) is 0 Å². The van der Waals surface area contributed by atoms with Gasteiger partial charge in [0.1, 0.15) is 0 Å². The third-order valence-electron chi connectivity index (χ3n) is 1.89. The topological polar surface area (TPSA) is 0 Å². The number of hydrogen-bond donors (Lipinski definition) is 0. The second kappa shape index (κ2) is 5.98. The van der Waals surface area contributed by atoms with Crippen molar-refractivity contribution in [2.45, 2.75) is 26.2 Å². The van der Waals surface area contributed by atoms with Gasteiger partial charge in [-0.3, -0.25) is 0 Å². The summed E-state index contributed by atoms with van der Waals surface area (Å²) in [5, 5.41) is 0. The Morgan fingerprint density at radius 2 is 1.85 bits per heavy atom. The molecule has 70 valence electrons. The summed E-state index contributed by atoms with van der Waals surface area (Å²) in [5.74, 6) is 0. The molecular weight excluding hydrogens is 224 g/mol. The molecule has 0 spiro atoms. The first-order valence-electron chi connectivity index (χ1n) is 4.72. The predicted octanol–water partition coefficient (Wildman–Crippen LogP) is 4.35. The van der Waals surface area contributed by atoms with Gasteiger partial charge in [-0.15, -0.1) is 0 Å². The van der Waals surface area contributed by atoms with Crippen LogP contribution < -0.4 is 0 Å². The number of hydrogen-bond acceptors (Lipinski definition) is 0. The molecular formula is C12H15Br. The van der Waals surface area contributed by atoms with Gasteiger partial charge in [0.05, 0.1) is 0 Å². The van der Waals surface area contributed by atoms with Crippen molar-refractivity contribution in [1.82, 2.24) is 0 Å². The van der Waals surface area contributed by atoms with Gasteiger partial charge in [-0.05, 0) is 30.5 Å². The van der Waals surface area contributed by atoms with Crippen LogP contribution in [0.5, 0.6) is 0 Å². The molecule has 1 heteroatoms. The van der Waals surface area contributed by atoms with E-state index in [-0.39, 0.29) is 0 Å². The average Bonchev–Trinajstić information content (AvgIpc) is 2.15. The maximum absolute atomic E-state index is 3.42. The molecule has 0 N–H and O–H groups in total. The molecule has 0 aromatic heterocycles. The molecule has 1 aromatic rings. The van der Waals surface area contributed by atoms with Gasteiger partial charge in [-0.2, -0.15) is 0 Å². The van der Waals surface area contributed by atoms with Crippen LogP contribution in [0.2, 0.25) is 0 Å². The molecule has 0 heterocycles. The van der Waals surface area contributed by atoms with Crippen LogP contribution in [-0.4, -0.2) is 0 Å². The second-order valence-corrected chi connectivity index (χ2v) is 4.01. The van der Waals surface area contributed by atoms with E-state index >= 15 is 0 Å². The summed E-state index contributed by atoms with van der Waals surface area (Å²) < 4.78 is 1.15. The van der Waals surface area contributed by atoms with Crippen LogP contribution in [-0.2, 0) is 6.42 Å². The molecule has 0 bridgehead atoms. The van der Waals surface area contributed by atoms with E-state index in [1.165, 1.54) is 18.4 Å². The van der Waals surface area contributed by atoms with Crippen LogP contribution in [0, 0.1) is 0 Å². The van der Waals surface area contributed by atoms with Crippen molar-refractivity contribution in [3.63, 3.8) is 0 Å². The molecule has 0 aliphatic heterocycles. The lowest BCUT2D eigenvalue weighted by atomic mass is 10.1. The molecule has 1 aromatic carbocycles. The van der Waals surface area contributed by atoms with Gasteiger partial charge in [-0.1, -0.05) is 53.6 Å². The molecule has 0 atom stereocenters. The van der Waals surface area contributed by atoms with Gasteiger partial charge in [-0.25, -0.2) is 0 Å². The van der Waals surface area contributed by atoms with E-state index in [0.717, 1.165) is 10.9 Å². The Balaban J connectivity index is 2.41. The fraction of sp³-hybridized carbons (Fsp3) is 0.333. The molecule has 0 aliphatic rings. The van der Waals surface area contributed by atoms with Crippen molar-refractivity contribution < 1.29 is 0 Å². The Hall–Kier alpha value is -0.560. The second-order valence-electron chi connectivity index (χ2n) is 3.09. The fourth-order valence-electron chi connectivity index (χ4n) is 1.12. The van der Waals surface area contributed by atoms with Crippen molar-refractivity contribution in [3.05, 3.63) is 46.5 Å². The number of halogens is 1. The smallest absolute Gasteiger partial charge is 0.0175 e. The van der Waals surface area contributed by atoms with E-state index in [9.17, 15) is 0 Å². The van der Waals surface area contributed by atoms with E-state index in [4.69, 9.17) is 0 Å². The van der Waals surface area contributed by atoms with Gasteiger partial charge in [0.25, 0.3) is 0 Å². The van der Waals surface area contributed by atoms with Crippen molar-refractivity contribution in [3.8, 4) is 0 Å². The molecule has 0 nitrogen and oxygen atoms in total. The predicted molar refractivity (Wildman–Crippen MR) is 61.9 cm³/mol. The molecule has 0 aliphatic carbocycles. The third-order valence-corrected chi connectivity index (χ3v) is 2.42. The Morgan fingerprint density at radius 1 is 1.15 bits per heavy atom. The summed E-state index contributed by atoms with van der Waals surface area (Å²) in [4.78, 5) is 0. The summed E-state index contributed by atoms with van der Waals surface area (Å²) >= 11 is 3.42. The van der Waals surface area contributed by atoms with Crippen LogP contribution in [0.4, 0.5) is 0 Å². The van der Waals surface area contributed by atoms with Gasteiger partial charge in [0, 0.05) is 4.47 Å². The first-order chi connectivity index (χ1) is 6.33. The highest BCUT2D eigenvalue weighted by Crippen LogP contribution is 2.11. The summed E-state index contributed by atoms with van der Waals surface area (Å²) in [6.45, 7) is 2.20. The van der Waals surface area contributed by atoms with Crippen LogP contribution in [0.15, 0.2) is 40.9 Å². The Kier molecular flexibility index (Phi) is 4.84. The fourth-order valence-corrected chi connectivity index (χ4v) is 1.39. The largest absolute Gasteiger partial charge is 0.0882 e. The molecule has 0 saturated heterocycles. The highest BCUT2D eigenvalue weighted by atomic mass is 79.9. The van der Waals surface area contributed by atoms with Gasteiger partial charge < -0.3 is 0 Å². The van der Waals surface area contributed by atoms with E-state index in [2.05, 4.69) is 59.3 Å². The van der Waals surface area contributed by atoms with Crippen molar-refractivity contribution >= 4 is 15.9 Å². The Labute approximate surface area is 88.8 Å². The van der Waals surface area contributed by atoms with E-state index in [0.29, 0.717) is 0 Å². The average molecular weight is 239 g/mol. The van der Waals surface area contributed by atoms with Crippen LogP contribution >= 0.6 is 15.9 Å². The van der Waals surface area contributed by atoms with E-state index in [1.807, 2.05) is 0 Å². The minimum Gasteiger partial charge on any atom is -0.0882 e. The summed E-state index contributed by atoms with van der Waals surface area (Å²) in [6.07, 6.45) is 7.97. The first-order valence-corrected chi connectivity index (χ1v) is 5.51. The van der Waals surface area contributed by atoms with E-state index < -0.39 is 0 Å². The number of rotatable bonds is 4. The summed E-state index contributed by atoms with van der Waals surface area (Å²) in [7, 11) is 0. The summed E-state index contributed by atoms with van der Waals surface area (Å²) in [5.41, 5.74) is 1.37. The monoisotopic (exact) mass is 238 g/mol. The SMILES string of the molecule is CCCC=CCc1ccc(Br)cc1. The zero-order chi connectivity index (χ0) is 9.52. The van der Waals surface area contributed by atoms with Crippen molar-refractivity contribution in [2.75, 3.05) is 0 Å². The quantitative estimate of drug-likeness (QED) is 0.685. The number of benzene rings is 1. The molecule has 13 heavy (non-hydrogen) atoms. The lowest BCUT2D eigenvalue weighted by molar-refractivity contribution is 0.953. The zero-order valence-electron chi connectivity index (χ0n) is 7.96. The minimum absolute atomic E-state index is 1.05. The van der Waals surface area contributed by atoms with E-state index in [1.54, 1.807) is 0 Å². The molecule has 0 unspecified atom stereocenters. The van der Waals surface area contributed by atoms with Crippen LogP contribution in [0.25, 0.3) is 0 Å². The van der Waals surface area contributed by atoms with Gasteiger partial charge >= 0.3 is 0 Å². The Morgan fingerprint density at radius 3 is 2.46 bits per heavy atom.